The number of aromatic nitrogens is 2. The van der Waals surface area contributed by atoms with Gasteiger partial charge in [-0.3, -0.25) is 4.34 Å². The largest absolute Gasteiger partial charge is 0.297 e. The average Bonchev–Trinajstić information content (AvgIpc) is 2.14. The molecule has 0 aromatic carbocycles. The van der Waals surface area contributed by atoms with Crippen molar-refractivity contribution in [3.63, 3.8) is 0 Å². The molecule has 1 rings (SSSR count). The van der Waals surface area contributed by atoms with Gasteiger partial charge in [-0.25, -0.2) is 0 Å². The van der Waals surface area contributed by atoms with Crippen LogP contribution in [-0.2, 0) is 0 Å². The number of rotatable bonds is 1. The van der Waals surface area contributed by atoms with Crippen molar-refractivity contribution in [2.24, 2.45) is 0 Å². The van der Waals surface area contributed by atoms with Gasteiger partial charge in [-0.2, -0.15) is 0 Å². The average molecular weight is 180 g/mol. The number of nitrogens with zero attached hydrogens (tertiary/aromatic N) is 2. The molecule has 0 radical (unpaired) electrons. The summed E-state index contributed by atoms with van der Waals surface area (Å²) in [4.78, 5) is 0. The quantitative estimate of drug-likeness (QED) is 0.661. The smallest absolute Gasteiger partial charge is 0.215 e. The van der Waals surface area contributed by atoms with E-state index in [0.717, 1.165) is 5.13 Å². The predicted octanol–water partition coefficient (Wildman–Crippen LogP) is 1.26. The molecule has 0 bridgehead atoms. The number of hydrogen-bond donors (Lipinski definition) is 1. The Morgan fingerprint density at radius 3 is 3.00 bits per heavy atom. The summed E-state index contributed by atoms with van der Waals surface area (Å²) in [6.07, 6.45) is 0. The molecule has 0 fully saturated rings. The Kier molecular flexibility index (Phi) is 1.59. The summed E-state index contributed by atoms with van der Waals surface area (Å²) in [5.74, 6) is 0. The number of hydrogen-bond acceptors (Lipinski definition) is 4. The SMILES string of the molecule is BrNc1nncs1. The van der Waals surface area contributed by atoms with E-state index in [0.29, 0.717) is 0 Å². The van der Waals surface area contributed by atoms with Crippen molar-refractivity contribution in [3.8, 4) is 0 Å². The van der Waals surface area contributed by atoms with Gasteiger partial charge in [-0.15, -0.1) is 10.2 Å². The van der Waals surface area contributed by atoms with Gasteiger partial charge in [0.15, 0.2) is 0 Å². The summed E-state index contributed by atoms with van der Waals surface area (Å²) in [6.45, 7) is 0. The molecule has 0 aliphatic rings. The van der Waals surface area contributed by atoms with Crippen molar-refractivity contribution < 1.29 is 0 Å². The molecule has 1 aromatic heterocycles. The van der Waals surface area contributed by atoms with Crippen LogP contribution in [0.5, 0.6) is 0 Å². The minimum Gasteiger partial charge on any atom is -0.297 e. The second-order valence-electron chi connectivity index (χ2n) is 0.838. The van der Waals surface area contributed by atoms with E-state index in [9.17, 15) is 0 Å². The van der Waals surface area contributed by atoms with Gasteiger partial charge in [0.1, 0.15) is 5.51 Å². The Labute approximate surface area is 53.1 Å². The van der Waals surface area contributed by atoms with Crippen LogP contribution in [-0.4, -0.2) is 10.2 Å². The first kappa shape index (κ1) is 4.99. The summed E-state index contributed by atoms with van der Waals surface area (Å²) in [6, 6.07) is 0. The van der Waals surface area contributed by atoms with Gasteiger partial charge in [0.25, 0.3) is 0 Å². The van der Waals surface area contributed by atoms with E-state index in [-0.39, 0.29) is 0 Å². The Morgan fingerprint density at radius 2 is 2.71 bits per heavy atom. The molecule has 7 heavy (non-hydrogen) atoms. The lowest BCUT2D eigenvalue weighted by Crippen LogP contribution is -1.74. The maximum Gasteiger partial charge on any atom is 0.215 e. The van der Waals surface area contributed by atoms with Crippen LogP contribution in [0.15, 0.2) is 5.51 Å². The zero-order chi connectivity index (χ0) is 5.11. The minimum absolute atomic E-state index is 0.778. The van der Waals surface area contributed by atoms with E-state index < -0.39 is 0 Å². The molecule has 5 heteroatoms. The van der Waals surface area contributed by atoms with Crippen LogP contribution in [0.25, 0.3) is 0 Å². The highest BCUT2D eigenvalue weighted by Crippen LogP contribution is 2.08. The third-order valence-corrected chi connectivity index (χ3v) is 1.69. The highest BCUT2D eigenvalue weighted by molar-refractivity contribution is 9.10. The summed E-state index contributed by atoms with van der Waals surface area (Å²) in [5.41, 5.74) is 1.66. The summed E-state index contributed by atoms with van der Waals surface area (Å²) >= 11 is 4.44. The Bertz CT molecular complexity index is 127. The van der Waals surface area contributed by atoms with Gasteiger partial charge >= 0.3 is 0 Å². The van der Waals surface area contributed by atoms with Crippen LogP contribution in [0.1, 0.15) is 0 Å². The van der Waals surface area contributed by atoms with Crippen molar-refractivity contribution in [2.45, 2.75) is 0 Å². The van der Waals surface area contributed by atoms with Crippen molar-refractivity contribution >= 4 is 32.6 Å². The first-order valence-electron chi connectivity index (χ1n) is 1.56. The van der Waals surface area contributed by atoms with Gasteiger partial charge in [0.05, 0.1) is 0 Å². The molecule has 0 atom stereocenters. The maximum atomic E-state index is 3.65. The van der Waals surface area contributed by atoms with Crippen LogP contribution in [0.2, 0.25) is 0 Å². The van der Waals surface area contributed by atoms with Crippen LogP contribution in [0, 0.1) is 0 Å². The molecule has 1 aromatic rings. The fraction of sp³-hybridized carbons (Fsp3) is 0. The first-order chi connectivity index (χ1) is 3.43. The van der Waals surface area contributed by atoms with Gasteiger partial charge in [-0.05, 0) is 0 Å². The molecule has 0 spiro atoms. The van der Waals surface area contributed by atoms with Crippen LogP contribution < -0.4 is 4.34 Å². The highest BCUT2D eigenvalue weighted by Gasteiger charge is 1.86. The Hall–Kier alpha value is -0.160. The molecule has 3 nitrogen and oxygen atoms in total. The van der Waals surface area contributed by atoms with E-state index in [2.05, 4.69) is 30.7 Å². The topological polar surface area (TPSA) is 37.8 Å². The Balaban J connectivity index is 2.76. The van der Waals surface area contributed by atoms with E-state index >= 15 is 0 Å². The third kappa shape index (κ3) is 1.10. The lowest BCUT2D eigenvalue weighted by atomic mass is 11.3. The molecule has 0 saturated heterocycles. The monoisotopic (exact) mass is 179 g/mol. The fourth-order valence-electron chi connectivity index (χ4n) is 0.214. The zero-order valence-corrected chi connectivity index (χ0v) is 5.66. The molecular formula is C2H2BrN3S. The molecule has 0 aliphatic heterocycles. The van der Waals surface area contributed by atoms with E-state index in [4.69, 9.17) is 0 Å². The standard InChI is InChI=1S/C2H2BrN3S/c3-5-2-6-4-1-7-2/h1H,(H,5,6). The molecule has 1 heterocycles. The molecule has 38 valence electrons. The number of anilines is 1. The molecule has 1 N–H and O–H groups in total. The van der Waals surface area contributed by atoms with Gasteiger partial charge in [-0.1, -0.05) is 11.3 Å². The van der Waals surface area contributed by atoms with E-state index in [1.54, 1.807) is 5.51 Å². The zero-order valence-electron chi connectivity index (χ0n) is 3.26. The third-order valence-electron chi connectivity index (χ3n) is 0.441. The normalized spacial score (nSPS) is 8.71. The van der Waals surface area contributed by atoms with Crippen molar-refractivity contribution in [1.82, 2.24) is 10.2 Å². The number of nitrogens with one attached hydrogen (secondary N) is 1. The first-order valence-corrected chi connectivity index (χ1v) is 3.23. The summed E-state index contributed by atoms with van der Waals surface area (Å²) in [5, 5.41) is 7.99. The van der Waals surface area contributed by atoms with Gasteiger partial charge in [0.2, 0.25) is 5.13 Å². The lowest BCUT2D eigenvalue weighted by molar-refractivity contribution is 1.10. The van der Waals surface area contributed by atoms with E-state index in [1.165, 1.54) is 11.3 Å². The van der Waals surface area contributed by atoms with Crippen molar-refractivity contribution in [2.75, 3.05) is 4.34 Å². The molecule has 0 aliphatic carbocycles. The van der Waals surface area contributed by atoms with Crippen molar-refractivity contribution in [1.29, 1.82) is 0 Å². The predicted molar refractivity (Wildman–Crippen MR) is 32.5 cm³/mol. The molecule has 0 amide bonds. The van der Waals surface area contributed by atoms with Crippen molar-refractivity contribution in [3.05, 3.63) is 5.51 Å². The second-order valence-corrected chi connectivity index (χ2v) is 2.07. The molecule has 0 saturated carbocycles. The molecular weight excluding hydrogens is 178 g/mol. The van der Waals surface area contributed by atoms with Gasteiger partial charge < -0.3 is 0 Å². The highest BCUT2D eigenvalue weighted by atomic mass is 79.9. The Morgan fingerprint density at radius 1 is 1.86 bits per heavy atom. The van der Waals surface area contributed by atoms with Crippen LogP contribution >= 0.6 is 27.5 Å². The fourth-order valence-corrected chi connectivity index (χ4v) is 0.907. The van der Waals surface area contributed by atoms with Gasteiger partial charge in [0, 0.05) is 16.1 Å². The van der Waals surface area contributed by atoms with Crippen LogP contribution in [0.4, 0.5) is 5.13 Å². The second kappa shape index (κ2) is 2.23. The van der Waals surface area contributed by atoms with E-state index in [1.807, 2.05) is 0 Å². The lowest BCUT2D eigenvalue weighted by Gasteiger charge is -1.78. The minimum atomic E-state index is 0.778. The summed E-state index contributed by atoms with van der Waals surface area (Å²) in [7, 11) is 0. The maximum absolute atomic E-state index is 3.65. The summed E-state index contributed by atoms with van der Waals surface area (Å²) < 4.78 is 2.66. The number of halogens is 1. The van der Waals surface area contributed by atoms with Crippen LogP contribution in [0.3, 0.4) is 0 Å². The molecule has 0 unspecified atom stereocenters.